The standard InChI is InChI=1S/C34H41NO4Si/c1-27(32(36)35-29(26-38-33(35)37)25-28-18-10-5-11-19-28)17-9-8-16-24-39-40(34(2,3)4,30-20-12-6-13-21-30)31-22-14-7-15-23-31/h5-15,18-23,27,29H,16-17,24-26H2,1-4H3/b9-8+/t27-,29+/m0/s1. The fourth-order valence-corrected chi connectivity index (χ4v) is 10.1. The molecular weight excluding hydrogens is 514 g/mol. The van der Waals surface area contributed by atoms with Gasteiger partial charge >= 0.3 is 6.09 Å². The molecule has 2 atom stereocenters. The summed E-state index contributed by atoms with van der Waals surface area (Å²) >= 11 is 0. The summed E-state index contributed by atoms with van der Waals surface area (Å²) in [6.45, 7) is 9.52. The maximum absolute atomic E-state index is 13.2. The number of imide groups is 1. The van der Waals surface area contributed by atoms with Crippen molar-refractivity contribution in [1.82, 2.24) is 4.90 Å². The van der Waals surface area contributed by atoms with Crippen LogP contribution in [0.1, 0.15) is 46.1 Å². The lowest BCUT2D eigenvalue weighted by atomic mass is 10.0. The predicted molar refractivity (Wildman–Crippen MR) is 163 cm³/mol. The Balaban J connectivity index is 1.37. The van der Waals surface area contributed by atoms with Crippen molar-refractivity contribution < 1.29 is 18.8 Å². The quantitative estimate of drug-likeness (QED) is 0.162. The number of carbonyl (C=O) groups is 2. The molecule has 1 saturated heterocycles. The van der Waals surface area contributed by atoms with Crippen LogP contribution in [-0.4, -0.2) is 44.5 Å². The Bertz CT molecular complexity index is 1230. The molecule has 1 fully saturated rings. The van der Waals surface area contributed by atoms with E-state index in [2.05, 4.69) is 75.4 Å². The number of amides is 2. The van der Waals surface area contributed by atoms with Gasteiger partial charge in [-0.05, 0) is 40.2 Å². The number of allylic oxidation sites excluding steroid dienone is 1. The van der Waals surface area contributed by atoms with Gasteiger partial charge in [0.1, 0.15) is 6.61 Å². The van der Waals surface area contributed by atoms with Crippen molar-refractivity contribution in [2.24, 2.45) is 5.92 Å². The highest BCUT2D eigenvalue weighted by Crippen LogP contribution is 2.36. The van der Waals surface area contributed by atoms with Crippen LogP contribution in [0.4, 0.5) is 4.79 Å². The monoisotopic (exact) mass is 555 g/mol. The first-order valence-corrected chi connectivity index (χ1v) is 16.1. The molecule has 0 saturated carbocycles. The normalized spacial score (nSPS) is 16.8. The third-order valence-corrected chi connectivity index (χ3v) is 12.7. The van der Waals surface area contributed by atoms with Gasteiger partial charge in [-0.1, -0.05) is 131 Å². The SMILES string of the molecule is C[C@@H](C/C=C/CCO[Si](c1ccccc1)(c1ccccc1)C(C)(C)C)C(=O)N1C(=O)OC[C@H]1Cc1ccccc1. The zero-order chi connectivity index (χ0) is 28.6. The van der Waals surface area contributed by atoms with Gasteiger partial charge in [-0.25, -0.2) is 9.69 Å². The molecular formula is C34H41NO4Si. The summed E-state index contributed by atoms with van der Waals surface area (Å²) in [5, 5.41) is 2.46. The Morgan fingerprint density at radius 2 is 1.50 bits per heavy atom. The van der Waals surface area contributed by atoms with Gasteiger partial charge in [0.05, 0.1) is 6.04 Å². The van der Waals surface area contributed by atoms with Crippen LogP contribution < -0.4 is 10.4 Å². The van der Waals surface area contributed by atoms with Crippen LogP contribution in [0, 0.1) is 5.92 Å². The van der Waals surface area contributed by atoms with Crippen molar-refractivity contribution in [3.8, 4) is 0 Å². The fourth-order valence-electron chi connectivity index (χ4n) is 5.57. The van der Waals surface area contributed by atoms with E-state index in [-0.39, 0.29) is 29.5 Å². The minimum atomic E-state index is -2.56. The molecule has 5 nitrogen and oxygen atoms in total. The molecule has 0 aromatic heterocycles. The molecule has 4 rings (SSSR count). The van der Waals surface area contributed by atoms with E-state index in [9.17, 15) is 9.59 Å². The Morgan fingerprint density at radius 3 is 2.05 bits per heavy atom. The van der Waals surface area contributed by atoms with Crippen LogP contribution in [0.2, 0.25) is 5.04 Å². The number of cyclic esters (lactones) is 1. The van der Waals surface area contributed by atoms with E-state index in [0.29, 0.717) is 19.4 Å². The summed E-state index contributed by atoms with van der Waals surface area (Å²) in [5.41, 5.74) is 1.08. The maximum Gasteiger partial charge on any atom is 0.416 e. The lowest BCUT2D eigenvalue weighted by Crippen LogP contribution is -2.66. The van der Waals surface area contributed by atoms with Crippen LogP contribution in [0.25, 0.3) is 0 Å². The van der Waals surface area contributed by atoms with E-state index in [1.165, 1.54) is 15.3 Å². The van der Waals surface area contributed by atoms with Gasteiger partial charge in [-0.15, -0.1) is 0 Å². The Labute approximate surface area is 240 Å². The number of benzene rings is 3. The first-order valence-electron chi connectivity index (χ1n) is 14.2. The van der Waals surface area contributed by atoms with Crippen LogP contribution in [-0.2, 0) is 20.4 Å². The zero-order valence-electron chi connectivity index (χ0n) is 24.1. The number of ether oxygens (including phenoxy) is 1. The summed E-state index contributed by atoms with van der Waals surface area (Å²) in [6, 6.07) is 30.9. The summed E-state index contributed by atoms with van der Waals surface area (Å²) in [7, 11) is -2.56. The molecule has 3 aromatic carbocycles. The molecule has 3 aromatic rings. The predicted octanol–water partition coefficient (Wildman–Crippen LogP) is 6.13. The van der Waals surface area contributed by atoms with Crippen molar-refractivity contribution in [2.45, 2.75) is 58.0 Å². The lowest BCUT2D eigenvalue weighted by molar-refractivity contribution is -0.132. The van der Waals surface area contributed by atoms with Gasteiger partial charge in [-0.2, -0.15) is 0 Å². The topological polar surface area (TPSA) is 55.8 Å². The molecule has 0 aliphatic carbocycles. The number of carbonyl (C=O) groups excluding carboxylic acids is 2. The molecule has 1 heterocycles. The minimum absolute atomic E-state index is 0.0685. The molecule has 6 heteroatoms. The molecule has 2 amide bonds. The summed E-state index contributed by atoms with van der Waals surface area (Å²) in [6.07, 6.45) is 5.48. The molecule has 0 radical (unpaired) electrons. The maximum atomic E-state index is 13.2. The fraction of sp³-hybridized carbons (Fsp3) is 0.353. The highest BCUT2D eigenvalue weighted by molar-refractivity contribution is 6.99. The molecule has 40 heavy (non-hydrogen) atoms. The zero-order valence-corrected chi connectivity index (χ0v) is 25.1. The molecule has 1 aliphatic rings. The van der Waals surface area contributed by atoms with E-state index in [4.69, 9.17) is 9.16 Å². The summed E-state index contributed by atoms with van der Waals surface area (Å²) in [4.78, 5) is 26.9. The van der Waals surface area contributed by atoms with Crippen LogP contribution in [0.3, 0.4) is 0 Å². The Hall–Kier alpha value is -3.48. The number of nitrogens with zero attached hydrogens (tertiary/aromatic N) is 1. The molecule has 0 bridgehead atoms. The van der Waals surface area contributed by atoms with Crippen molar-refractivity contribution >= 4 is 30.7 Å². The number of hydrogen-bond acceptors (Lipinski definition) is 4. The summed E-state index contributed by atoms with van der Waals surface area (Å²) in [5.74, 6) is -0.505. The molecule has 0 N–H and O–H groups in total. The first-order chi connectivity index (χ1) is 19.2. The van der Waals surface area contributed by atoms with Crippen molar-refractivity contribution in [2.75, 3.05) is 13.2 Å². The van der Waals surface area contributed by atoms with Gasteiger partial charge in [0.2, 0.25) is 5.91 Å². The largest absolute Gasteiger partial charge is 0.447 e. The van der Waals surface area contributed by atoms with Gasteiger partial charge in [0, 0.05) is 12.5 Å². The third kappa shape index (κ3) is 6.62. The second-order valence-electron chi connectivity index (χ2n) is 11.5. The van der Waals surface area contributed by atoms with Gasteiger partial charge in [0.15, 0.2) is 0 Å². The number of rotatable bonds is 11. The second-order valence-corrected chi connectivity index (χ2v) is 15.8. The highest BCUT2D eigenvalue weighted by Gasteiger charge is 2.50. The summed E-state index contributed by atoms with van der Waals surface area (Å²) < 4.78 is 12.2. The third-order valence-electron chi connectivity index (χ3n) is 7.61. The van der Waals surface area contributed by atoms with Gasteiger partial charge in [-0.3, -0.25) is 4.79 Å². The van der Waals surface area contributed by atoms with E-state index in [0.717, 1.165) is 12.0 Å². The van der Waals surface area contributed by atoms with Crippen LogP contribution >= 0.6 is 0 Å². The lowest BCUT2D eigenvalue weighted by Gasteiger charge is -2.43. The molecule has 210 valence electrons. The van der Waals surface area contributed by atoms with Crippen LogP contribution in [0.5, 0.6) is 0 Å². The average molecular weight is 556 g/mol. The Morgan fingerprint density at radius 1 is 0.950 bits per heavy atom. The first kappa shape index (κ1) is 29.5. The van der Waals surface area contributed by atoms with Crippen molar-refractivity contribution in [3.63, 3.8) is 0 Å². The second kappa shape index (κ2) is 13.2. The van der Waals surface area contributed by atoms with Crippen molar-refractivity contribution in [1.29, 1.82) is 0 Å². The van der Waals surface area contributed by atoms with Gasteiger partial charge in [0.25, 0.3) is 8.32 Å². The highest BCUT2D eigenvalue weighted by atomic mass is 28.4. The van der Waals surface area contributed by atoms with Gasteiger partial charge < -0.3 is 9.16 Å². The molecule has 0 spiro atoms. The molecule has 0 unspecified atom stereocenters. The van der Waals surface area contributed by atoms with E-state index in [1.807, 2.05) is 55.5 Å². The Kier molecular flexibility index (Phi) is 9.77. The van der Waals surface area contributed by atoms with E-state index in [1.54, 1.807) is 0 Å². The van der Waals surface area contributed by atoms with E-state index < -0.39 is 14.4 Å². The van der Waals surface area contributed by atoms with Crippen molar-refractivity contribution in [3.05, 3.63) is 109 Å². The smallest absolute Gasteiger partial charge is 0.416 e. The van der Waals surface area contributed by atoms with E-state index >= 15 is 0 Å². The minimum Gasteiger partial charge on any atom is -0.447 e. The number of hydrogen-bond donors (Lipinski definition) is 0. The van der Waals surface area contributed by atoms with Crippen LogP contribution in [0.15, 0.2) is 103 Å². The molecule has 1 aliphatic heterocycles. The average Bonchev–Trinajstić information content (AvgIpc) is 3.32.